The summed E-state index contributed by atoms with van der Waals surface area (Å²) in [5, 5.41) is 5.19. The number of methoxy groups -OCH3 is 1. The fraction of sp³-hybridized carbons (Fsp3) is 0.0714. The maximum atomic E-state index is 5.14. The molecule has 3 aromatic rings. The summed E-state index contributed by atoms with van der Waals surface area (Å²) in [7, 11) is 1.64. The van der Waals surface area contributed by atoms with Crippen LogP contribution in [0, 0.1) is 0 Å². The van der Waals surface area contributed by atoms with E-state index in [-0.39, 0.29) is 0 Å². The molecule has 0 aliphatic heterocycles. The molecule has 0 saturated heterocycles. The molecule has 0 amide bonds. The highest BCUT2D eigenvalue weighted by Crippen LogP contribution is 2.31. The lowest BCUT2D eigenvalue weighted by Gasteiger charge is -2.03. The number of hydrogen-bond acceptors (Lipinski definition) is 3. The van der Waals surface area contributed by atoms with Crippen molar-refractivity contribution in [2.24, 2.45) is 0 Å². The van der Waals surface area contributed by atoms with E-state index in [9.17, 15) is 0 Å². The third-order valence-corrected chi connectivity index (χ3v) is 3.52. The van der Waals surface area contributed by atoms with E-state index >= 15 is 0 Å². The smallest absolute Gasteiger partial charge is 0.273 e. The van der Waals surface area contributed by atoms with Gasteiger partial charge in [0.05, 0.1) is 12.8 Å². The summed E-state index contributed by atoms with van der Waals surface area (Å²) in [6, 6.07) is 14.6. The Labute approximate surface area is 104 Å². The van der Waals surface area contributed by atoms with Crippen molar-refractivity contribution < 1.29 is 4.74 Å². The minimum atomic E-state index is 0.702. The van der Waals surface area contributed by atoms with Gasteiger partial charge in [-0.1, -0.05) is 53.8 Å². The molecular formula is C14H11NOS. The molecule has 0 spiro atoms. The molecular weight excluding hydrogens is 230 g/mol. The van der Waals surface area contributed by atoms with Crippen LogP contribution in [0.5, 0.6) is 5.19 Å². The van der Waals surface area contributed by atoms with Gasteiger partial charge in [0.15, 0.2) is 0 Å². The zero-order valence-electron chi connectivity index (χ0n) is 9.38. The molecule has 0 bridgehead atoms. The summed E-state index contributed by atoms with van der Waals surface area (Å²) < 4.78 is 5.14. The summed E-state index contributed by atoms with van der Waals surface area (Å²) in [4.78, 5) is 4.45. The molecule has 1 aromatic heterocycles. The van der Waals surface area contributed by atoms with Gasteiger partial charge >= 0.3 is 0 Å². The molecule has 0 unspecified atom stereocenters. The van der Waals surface area contributed by atoms with Crippen molar-refractivity contribution in [2.75, 3.05) is 7.11 Å². The van der Waals surface area contributed by atoms with E-state index in [1.54, 1.807) is 7.11 Å². The number of benzene rings is 2. The summed E-state index contributed by atoms with van der Waals surface area (Å²) >= 11 is 1.52. The maximum absolute atomic E-state index is 5.14. The molecule has 0 fully saturated rings. The molecule has 0 aliphatic rings. The third kappa shape index (κ3) is 1.78. The molecule has 3 heteroatoms. The zero-order chi connectivity index (χ0) is 11.7. The van der Waals surface area contributed by atoms with Crippen LogP contribution in [-0.2, 0) is 0 Å². The fourth-order valence-electron chi connectivity index (χ4n) is 1.92. The number of thiazole rings is 1. The second-order valence-corrected chi connectivity index (χ2v) is 4.55. The van der Waals surface area contributed by atoms with Crippen LogP contribution in [0.1, 0.15) is 0 Å². The van der Waals surface area contributed by atoms with E-state index in [1.165, 1.54) is 22.1 Å². The Bertz CT molecular complexity index is 655. The Morgan fingerprint density at radius 1 is 1.06 bits per heavy atom. The van der Waals surface area contributed by atoms with E-state index in [4.69, 9.17) is 4.74 Å². The topological polar surface area (TPSA) is 22.1 Å². The first kappa shape index (κ1) is 10.3. The predicted molar refractivity (Wildman–Crippen MR) is 71.6 cm³/mol. The molecule has 0 N–H and O–H groups in total. The van der Waals surface area contributed by atoms with Gasteiger partial charge in [0.2, 0.25) is 0 Å². The van der Waals surface area contributed by atoms with Gasteiger partial charge in [-0.25, -0.2) is 4.98 Å². The number of fused-ring (bicyclic) bond motifs is 1. The average Bonchev–Trinajstić information content (AvgIpc) is 2.87. The van der Waals surface area contributed by atoms with Gasteiger partial charge in [0.1, 0.15) is 0 Å². The van der Waals surface area contributed by atoms with Crippen LogP contribution in [-0.4, -0.2) is 12.1 Å². The minimum absolute atomic E-state index is 0.702. The normalized spacial score (nSPS) is 10.6. The lowest BCUT2D eigenvalue weighted by Crippen LogP contribution is -1.83. The quantitative estimate of drug-likeness (QED) is 0.677. The largest absolute Gasteiger partial charge is 0.473 e. The third-order valence-electron chi connectivity index (χ3n) is 2.72. The van der Waals surface area contributed by atoms with Gasteiger partial charge in [-0.3, -0.25) is 0 Å². The summed E-state index contributed by atoms with van der Waals surface area (Å²) in [5.41, 5.74) is 2.13. The van der Waals surface area contributed by atoms with E-state index in [0.717, 1.165) is 11.3 Å². The first-order chi connectivity index (χ1) is 8.38. The van der Waals surface area contributed by atoms with E-state index in [2.05, 4.69) is 41.4 Å². The fourth-order valence-corrected chi connectivity index (χ4v) is 2.56. The van der Waals surface area contributed by atoms with Crippen LogP contribution in [0.15, 0.2) is 47.8 Å². The highest BCUT2D eigenvalue weighted by Gasteiger charge is 2.07. The summed E-state index contributed by atoms with van der Waals surface area (Å²) in [5.74, 6) is 0. The van der Waals surface area contributed by atoms with Crippen molar-refractivity contribution in [1.29, 1.82) is 0 Å². The van der Waals surface area contributed by atoms with Crippen molar-refractivity contribution in [2.45, 2.75) is 0 Å². The minimum Gasteiger partial charge on any atom is -0.473 e. The van der Waals surface area contributed by atoms with Crippen LogP contribution >= 0.6 is 11.3 Å². The van der Waals surface area contributed by atoms with Gasteiger partial charge in [-0.05, 0) is 10.8 Å². The van der Waals surface area contributed by atoms with E-state index < -0.39 is 0 Å². The first-order valence-electron chi connectivity index (χ1n) is 5.36. The number of hydrogen-bond donors (Lipinski definition) is 0. The Hall–Kier alpha value is -1.87. The van der Waals surface area contributed by atoms with Crippen LogP contribution in [0.3, 0.4) is 0 Å². The highest BCUT2D eigenvalue weighted by atomic mass is 32.1. The van der Waals surface area contributed by atoms with Crippen LogP contribution in [0.4, 0.5) is 0 Å². The van der Waals surface area contributed by atoms with Crippen molar-refractivity contribution in [1.82, 2.24) is 4.98 Å². The molecule has 2 nitrogen and oxygen atoms in total. The van der Waals surface area contributed by atoms with Crippen LogP contribution in [0.25, 0.3) is 22.0 Å². The molecule has 2 aromatic carbocycles. The van der Waals surface area contributed by atoms with Crippen molar-refractivity contribution in [3.63, 3.8) is 0 Å². The monoisotopic (exact) mass is 241 g/mol. The summed E-state index contributed by atoms with van der Waals surface area (Å²) in [6.45, 7) is 0. The van der Waals surface area contributed by atoms with Crippen molar-refractivity contribution in [3.05, 3.63) is 47.8 Å². The lowest BCUT2D eigenvalue weighted by molar-refractivity contribution is 0.412. The molecule has 17 heavy (non-hydrogen) atoms. The van der Waals surface area contributed by atoms with Gasteiger partial charge in [-0.2, -0.15) is 0 Å². The zero-order valence-corrected chi connectivity index (χ0v) is 10.2. The molecule has 0 aliphatic carbocycles. The summed E-state index contributed by atoms with van der Waals surface area (Å²) in [6.07, 6.45) is 0. The second kappa shape index (κ2) is 4.18. The highest BCUT2D eigenvalue weighted by molar-refractivity contribution is 7.11. The standard InChI is InChI=1S/C14H11NOS/c1-16-14-15-13(9-17-14)12-8-4-6-10-5-2-3-7-11(10)12/h2-9H,1H3. The molecule has 3 rings (SSSR count). The maximum Gasteiger partial charge on any atom is 0.273 e. The number of rotatable bonds is 2. The first-order valence-corrected chi connectivity index (χ1v) is 6.24. The molecule has 0 atom stereocenters. The van der Waals surface area contributed by atoms with Crippen molar-refractivity contribution >= 4 is 22.1 Å². The predicted octanol–water partition coefficient (Wildman–Crippen LogP) is 3.97. The van der Waals surface area contributed by atoms with Gasteiger partial charge in [-0.15, -0.1) is 0 Å². The number of ether oxygens (including phenoxy) is 1. The van der Waals surface area contributed by atoms with Crippen LogP contribution in [0.2, 0.25) is 0 Å². The van der Waals surface area contributed by atoms with E-state index in [1.807, 2.05) is 11.4 Å². The average molecular weight is 241 g/mol. The van der Waals surface area contributed by atoms with E-state index in [0.29, 0.717) is 5.19 Å². The molecule has 84 valence electrons. The van der Waals surface area contributed by atoms with Gasteiger partial charge in [0.25, 0.3) is 5.19 Å². The van der Waals surface area contributed by atoms with Crippen molar-refractivity contribution in [3.8, 4) is 16.5 Å². The number of nitrogens with zero attached hydrogens (tertiary/aromatic N) is 1. The lowest BCUT2D eigenvalue weighted by atomic mass is 10.0. The Kier molecular flexibility index (Phi) is 2.53. The van der Waals surface area contributed by atoms with Crippen LogP contribution < -0.4 is 4.74 Å². The molecule has 0 saturated carbocycles. The Morgan fingerprint density at radius 3 is 2.71 bits per heavy atom. The SMILES string of the molecule is COc1nc(-c2cccc3ccccc23)cs1. The molecule has 0 radical (unpaired) electrons. The number of aromatic nitrogens is 1. The Balaban J connectivity index is 2.23. The van der Waals surface area contributed by atoms with Gasteiger partial charge < -0.3 is 4.74 Å². The molecule has 1 heterocycles. The van der Waals surface area contributed by atoms with Gasteiger partial charge in [0, 0.05) is 10.9 Å². The second-order valence-electron chi connectivity index (χ2n) is 3.73. The Morgan fingerprint density at radius 2 is 1.88 bits per heavy atom.